The molecule has 0 aliphatic rings. The molecule has 0 fully saturated rings. The van der Waals surface area contributed by atoms with Gasteiger partial charge in [-0.25, -0.2) is 0 Å². The quantitative estimate of drug-likeness (QED) is 0.830. The van der Waals surface area contributed by atoms with Crippen molar-refractivity contribution in [3.05, 3.63) is 17.7 Å². The van der Waals surface area contributed by atoms with Gasteiger partial charge in [-0.1, -0.05) is 13.3 Å². The van der Waals surface area contributed by atoms with Crippen molar-refractivity contribution in [3.8, 4) is 23.3 Å². The Bertz CT molecular complexity index is 481. The maximum atomic E-state index is 10.4. The Kier molecular flexibility index (Phi) is 6.13. The molecule has 1 aromatic carbocycles. The van der Waals surface area contributed by atoms with Crippen molar-refractivity contribution >= 4 is 0 Å². The first kappa shape index (κ1) is 16.1. The Morgan fingerprint density at radius 2 is 1.80 bits per heavy atom. The summed E-state index contributed by atoms with van der Waals surface area (Å²) in [6.45, 7) is 1.98. The summed E-state index contributed by atoms with van der Waals surface area (Å²) < 4.78 is 15.8. The zero-order valence-corrected chi connectivity index (χ0v) is 12.3. The number of hydrogen-bond donors (Lipinski definition) is 1. The van der Waals surface area contributed by atoms with Gasteiger partial charge >= 0.3 is 0 Å². The van der Waals surface area contributed by atoms with Gasteiger partial charge in [-0.15, -0.1) is 0 Å². The highest BCUT2D eigenvalue weighted by molar-refractivity contribution is 5.56. The number of hydrogen-bond acceptors (Lipinski definition) is 5. The highest BCUT2D eigenvalue weighted by Gasteiger charge is 2.26. The molecule has 0 saturated heterocycles. The number of nitriles is 1. The summed E-state index contributed by atoms with van der Waals surface area (Å²) in [5.74, 6) is 0.853. The number of methoxy groups -OCH3 is 3. The molecule has 0 amide bonds. The number of aliphatic hydroxyl groups is 1. The van der Waals surface area contributed by atoms with E-state index in [1.165, 1.54) is 21.3 Å². The van der Waals surface area contributed by atoms with E-state index in [1.807, 2.05) is 6.92 Å². The summed E-state index contributed by atoms with van der Waals surface area (Å²) in [6.07, 6.45) is 0.523. The SMILES string of the molecule is CCCC(C#N)C(O)c1ccc(OC)c(OC)c1OC. The van der Waals surface area contributed by atoms with Crippen LogP contribution in [0.25, 0.3) is 0 Å². The first-order valence-corrected chi connectivity index (χ1v) is 6.51. The van der Waals surface area contributed by atoms with Crippen molar-refractivity contribution in [3.63, 3.8) is 0 Å². The summed E-state index contributed by atoms with van der Waals surface area (Å²) in [7, 11) is 4.53. The summed E-state index contributed by atoms with van der Waals surface area (Å²) in [6, 6.07) is 5.53. The van der Waals surface area contributed by atoms with Gasteiger partial charge in [0.2, 0.25) is 5.75 Å². The average molecular weight is 279 g/mol. The van der Waals surface area contributed by atoms with Crippen LogP contribution in [0.15, 0.2) is 12.1 Å². The molecule has 1 rings (SSSR count). The lowest BCUT2D eigenvalue weighted by atomic mass is 9.92. The number of nitrogens with zero attached hydrogens (tertiary/aromatic N) is 1. The van der Waals surface area contributed by atoms with E-state index in [2.05, 4.69) is 6.07 Å². The molecule has 5 heteroatoms. The maximum absolute atomic E-state index is 10.4. The Hall–Kier alpha value is -1.93. The fourth-order valence-electron chi connectivity index (χ4n) is 2.18. The lowest BCUT2D eigenvalue weighted by molar-refractivity contribution is 0.125. The molecule has 0 aliphatic heterocycles. The van der Waals surface area contributed by atoms with E-state index < -0.39 is 12.0 Å². The molecule has 20 heavy (non-hydrogen) atoms. The molecule has 5 nitrogen and oxygen atoms in total. The van der Waals surface area contributed by atoms with E-state index in [0.717, 1.165) is 6.42 Å². The Balaban J connectivity index is 3.27. The van der Waals surface area contributed by atoms with Crippen LogP contribution in [0, 0.1) is 17.2 Å². The van der Waals surface area contributed by atoms with Crippen LogP contribution in [0.2, 0.25) is 0 Å². The summed E-state index contributed by atoms with van der Waals surface area (Å²) in [5.41, 5.74) is 0.533. The average Bonchev–Trinajstić information content (AvgIpc) is 2.49. The zero-order valence-electron chi connectivity index (χ0n) is 12.3. The minimum atomic E-state index is -0.922. The molecule has 0 bridgehead atoms. The Labute approximate surface area is 119 Å². The number of ether oxygens (including phenoxy) is 3. The molecule has 1 N–H and O–H groups in total. The van der Waals surface area contributed by atoms with E-state index in [0.29, 0.717) is 29.2 Å². The van der Waals surface area contributed by atoms with E-state index in [9.17, 15) is 10.4 Å². The van der Waals surface area contributed by atoms with E-state index in [1.54, 1.807) is 12.1 Å². The molecule has 0 aromatic heterocycles. The largest absolute Gasteiger partial charge is 0.493 e. The predicted molar refractivity (Wildman–Crippen MR) is 75.1 cm³/mol. The lowest BCUT2D eigenvalue weighted by Gasteiger charge is -2.21. The molecule has 110 valence electrons. The Morgan fingerprint density at radius 1 is 1.15 bits per heavy atom. The smallest absolute Gasteiger partial charge is 0.203 e. The molecule has 0 aliphatic carbocycles. The van der Waals surface area contributed by atoms with E-state index in [4.69, 9.17) is 14.2 Å². The predicted octanol–water partition coefficient (Wildman–Crippen LogP) is 2.69. The second kappa shape index (κ2) is 7.61. The fraction of sp³-hybridized carbons (Fsp3) is 0.533. The number of rotatable bonds is 7. The van der Waals surface area contributed by atoms with Gasteiger partial charge in [0.25, 0.3) is 0 Å². The lowest BCUT2D eigenvalue weighted by Crippen LogP contribution is -2.12. The van der Waals surface area contributed by atoms with Gasteiger partial charge in [0, 0.05) is 5.56 Å². The number of aliphatic hydroxyl groups excluding tert-OH is 1. The van der Waals surface area contributed by atoms with Crippen LogP contribution >= 0.6 is 0 Å². The molecule has 0 spiro atoms. The van der Waals surface area contributed by atoms with Crippen LogP contribution < -0.4 is 14.2 Å². The van der Waals surface area contributed by atoms with Crippen molar-refractivity contribution in [2.45, 2.75) is 25.9 Å². The number of benzene rings is 1. The van der Waals surface area contributed by atoms with Crippen molar-refractivity contribution in [2.75, 3.05) is 21.3 Å². The molecule has 2 unspecified atom stereocenters. The first-order valence-electron chi connectivity index (χ1n) is 6.51. The van der Waals surface area contributed by atoms with Crippen LogP contribution in [0.3, 0.4) is 0 Å². The normalized spacial score (nSPS) is 13.2. The van der Waals surface area contributed by atoms with Crippen LogP contribution in [0.1, 0.15) is 31.4 Å². The standard InChI is InChI=1S/C15H21NO4/c1-5-6-10(9-16)13(17)11-7-8-12(18-2)15(20-4)14(11)19-3/h7-8,10,13,17H,5-6H2,1-4H3. The van der Waals surface area contributed by atoms with Gasteiger partial charge in [0.1, 0.15) is 0 Å². The first-order chi connectivity index (χ1) is 9.64. The van der Waals surface area contributed by atoms with E-state index >= 15 is 0 Å². The van der Waals surface area contributed by atoms with Crippen molar-refractivity contribution < 1.29 is 19.3 Å². The fourth-order valence-corrected chi connectivity index (χ4v) is 2.18. The van der Waals surface area contributed by atoms with Gasteiger partial charge in [-0.05, 0) is 18.6 Å². The van der Waals surface area contributed by atoms with Crippen molar-refractivity contribution in [1.82, 2.24) is 0 Å². The second-order valence-corrected chi connectivity index (χ2v) is 4.39. The topological polar surface area (TPSA) is 71.7 Å². The molecule has 0 heterocycles. The minimum absolute atomic E-state index is 0.399. The van der Waals surface area contributed by atoms with Gasteiger partial charge in [0.05, 0.1) is 39.4 Å². The van der Waals surface area contributed by atoms with Gasteiger partial charge in [-0.3, -0.25) is 0 Å². The monoisotopic (exact) mass is 279 g/mol. The van der Waals surface area contributed by atoms with E-state index in [-0.39, 0.29) is 0 Å². The van der Waals surface area contributed by atoms with Gasteiger partial charge in [0.15, 0.2) is 11.5 Å². The third-order valence-corrected chi connectivity index (χ3v) is 3.20. The zero-order chi connectivity index (χ0) is 15.1. The second-order valence-electron chi connectivity index (χ2n) is 4.39. The summed E-state index contributed by atoms with van der Waals surface area (Å²) >= 11 is 0. The highest BCUT2D eigenvalue weighted by Crippen LogP contribution is 2.43. The van der Waals surface area contributed by atoms with Crippen LogP contribution in [-0.2, 0) is 0 Å². The molecular weight excluding hydrogens is 258 g/mol. The minimum Gasteiger partial charge on any atom is -0.493 e. The molecular formula is C15H21NO4. The molecule has 2 atom stereocenters. The molecule has 0 radical (unpaired) electrons. The maximum Gasteiger partial charge on any atom is 0.203 e. The Morgan fingerprint density at radius 3 is 2.25 bits per heavy atom. The summed E-state index contributed by atoms with van der Waals surface area (Å²) in [4.78, 5) is 0. The third-order valence-electron chi connectivity index (χ3n) is 3.20. The van der Waals surface area contributed by atoms with Gasteiger partial charge in [-0.2, -0.15) is 5.26 Å². The third kappa shape index (κ3) is 3.14. The van der Waals surface area contributed by atoms with Crippen molar-refractivity contribution in [1.29, 1.82) is 5.26 Å². The van der Waals surface area contributed by atoms with Crippen LogP contribution in [0.4, 0.5) is 0 Å². The van der Waals surface area contributed by atoms with Crippen molar-refractivity contribution in [2.24, 2.45) is 5.92 Å². The van der Waals surface area contributed by atoms with Crippen LogP contribution in [0.5, 0.6) is 17.2 Å². The highest BCUT2D eigenvalue weighted by atomic mass is 16.5. The molecule has 1 aromatic rings. The summed E-state index contributed by atoms with van der Waals surface area (Å²) in [5, 5.41) is 19.6. The molecule has 0 saturated carbocycles. The van der Waals surface area contributed by atoms with Crippen LogP contribution in [-0.4, -0.2) is 26.4 Å². The van der Waals surface area contributed by atoms with Gasteiger partial charge < -0.3 is 19.3 Å².